The van der Waals surface area contributed by atoms with Crippen LogP contribution in [0.25, 0.3) is 0 Å². The molecule has 0 fully saturated rings. The van der Waals surface area contributed by atoms with Gasteiger partial charge in [0.25, 0.3) is 0 Å². The predicted molar refractivity (Wildman–Crippen MR) is 74.3 cm³/mol. The Morgan fingerprint density at radius 1 is 1.47 bits per heavy atom. The van der Waals surface area contributed by atoms with E-state index in [2.05, 4.69) is 31.4 Å². The number of hydrogen-bond donors (Lipinski definition) is 1. The van der Waals surface area contributed by atoms with Crippen LogP contribution in [0.5, 0.6) is 0 Å². The van der Waals surface area contributed by atoms with Crippen LogP contribution in [0, 0.1) is 6.92 Å². The molecule has 7 heteroatoms. The van der Waals surface area contributed by atoms with Crippen molar-refractivity contribution in [2.45, 2.75) is 26.4 Å². The second-order valence-electron chi connectivity index (χ2n) is 4.33. The molecular formula is C12H16BrN5O. The van der Waals surface area contributed by atoms with Crippen LogP contribution >= 0.6 is 15.9 Å². The zero-order valence-electron chi connectivity index (χ0n) is 10.9. The summed E-state index contributed by atoms with van der Waals surface area (Å²) in [4.78, 5) is 11.7. The summed E-state index contributed by atoms with van der Waals surface area (Å²) < 4.78 is 4.44. The summed E-state index contributed by atoms with van der Waals surface area (Å²) in [6, 6.07) is 1.88. The Labute approximate surface area is 119 Å². The van der Waals surface area contributed by atoms with Crippen molar-refractivity contribution in [1.82, 2.24) is 24.9 Å². The Hall–Kier alpha value is -1.63. The molecule has 19 heavy (non-hydrogen) atoms. The third-order valence-corrected chi connectivity index (χ3v) is 3.47. The van der Waals surface area contributed by atoms with Crippen LogP contribution in [-0.2, 0) is 24.9 Å². The molecule has 6 nitrogen and oxygen atoms in total. The first kappa shape index (κ1) is 13.8. The van der Waals surface area contributed by atoms with Crippen molar-refractivity contribution in [3.05, 3.63) is 34.3 Å². The van der Waals surface area contributed by atoms with Crippen LogP contribution in [0.15, 0.2) is 22.9 Å². The zero-order valence-corrected chi connectivity index (χ0v) is 12.5. The normalized spacial score (nSPS) is 10.7. The Bertz CT molecular complexity index is 555. The van der Waals surface area contributed by atoms with Crippen molar-refractivity contribution in [3.63, 3.8) is 0 Å². The number of carbonyl (C=O) groups excluding carboxylic acids is 1. The lowest BCUT2D eigenvalue weighted by Crippen LogP contribution is -2.24. The largest absolute Gasteiger partial charge is 0.350 e. The standard InChI is InChI=1S/C12H16BrN5O/c1-9-11(13)8-18(15-9)6-4-12(19)14-7-10-3-5-17(2)16-10/h3,5,8H,4,6-7H2,1-2H3,(H,14,19). The number of amides is 1. The van der Waals surface area contributed by atoms with Crippen LogP contribution in [0.3, 0.4) is 0 Å². The summed E-state index contributed by atoms with van der Waals surface area (Å²) in [6.45, 7) is 2.95. The molecule has 0 bridgehead atoms. The summed E-state index contributed by atoms with van der Waals surface area (Å²) in [5.41, 5.74) is 1.78. The van der Waals surface area contributed by atoms with E-state index in [1.54, 1.807) is 9.36 Å². The summed E-state index contributed by atoms with van der Waals surface area (Å²) in [5.74, 6) is -0.00470. The smallest absolute Gasteiger partial charge is 0.222 e. The highest BCUT2D eigenvalue weighted by Crippen LogP contribution is 2.13. The number of rotatable bonds is 5. The zero-order chi connectivity index (χ0) is 13.8. The Morgan fingerprint density at radius 2 is 2.26 bits per heavy atom. The summed E-state index contributed by atoms with van der Waals surface area (Å²) in [7, 11) is 1.85. The van der Waals surface area contributed by atoms with Gasteiger partial charge >= 0.3 is 0 Å². The molecule has 1 amide bonds. The van der Waals surface area contributed by atoms with E-state index in [4.69, 9.17) is 0 Å². The number of aryl methyl sites for hydroxylation is 3. The fraction of sp³-hybridized carbons (Fsp3) is 0.417. The minimum atomic E-state index is -0.00470. The molecule has 1 N–H and O–H groups in total. The van der Waals surface area contributed by atoms with Gasteiger partial charge in [-0.3, -0.25) is 14.2 Å². The molecule has 0 atom stereocenters. The van der Waals surface area contributed by atoms with E-state index in [1.807, 2.05) is 32.4 Å². The van der Waals surface area contributed by atoms with E-state index in [-0.39, 0.29) is 5.91 Å². The van der Waals surface area contributed by atoms with E-state index in [1.165, 1.54) is 0 Å². The first-order valence-corrected chi connectivity index (χ1v) is 6.78. The average Bonchev–Trinajstić information content (AvgIpc) is 2.91. The van der Waals surface area contributed by atoms with E-state index >= 15 is 0 Å². The van der Waals surface area contributed by atoms with E-state index in [9.17, 15) is 4.79 Å². The van der Waals surface area contributed by atoms with Gasteiger partial charge < -0.3 is 5.32 Å². The first-order valence-electron chi connectivity index (χ1n) is 5.99. The lowest BCUT2D eigenvalue weighted by Gasteiger charge is -2.03. The van der Waals surface area contributed by atoms with Gasteiger partial charge in [-0.25, -0.2) is 0 Å². The molecule has 0 saturated carbocycles. The highest BCUT2D eigenvalue weighted by Gasteiger charge is 2.05. The molecule has 0 aliphatic carbocycles. The quantitative estimate of drug-likeness (QED) is 0.903. The maximum atomic E-state index is 11.7. The summed E-state index contributed by atoms with van der Waals surface area (Å²) >= 11 is 3.39. The van der Waals surface area contributed by atoms with Crippen LogP contribution < -0.4 is 5.32 Å². The SMILES string of the molecule is Cc1nn(CCC(=O)NCc2ccn(C)n2)cc1Br. The van der Waals surface area contributed by atoms with E-state index in [0.717, 1.165) is 15.9 Å². The molecular weight excluding hydrogens is 310 g/mol. The number of halogens is 1. The van der Waals surface area contributed by atoms with Gasteiger partial charge in [0.05, 0.1) is 22.4 Å². The van der Waals surface area contributed by atoms with Gasteiger partial charge in [0.1, 0.15) is 0 Å². The van der Waals surface area contributed by atoms with Crippen LogP contribution in [-0.4, -0.2) is 25.5 Å². The van der Waals surface area contributed by atoms with Gasteiger partial charge in [0, 0.05) is 32.4 Å². The second kappa shape index (κ2) is 6.01. The van der Waals surface area contributed by atoms with Crippen LogP contribution in [0.4, 0.5) is 0 Å². The number of aromatic nitrogens is 4. The fourth-order valence-electron chi connectivity index (χ4n) is 1.66. The van der Waals surface area contributed by atoms with Crippen molar-refractivity contribution in [3.8, 4) is 0 Å². The van der Waals surface area contributed by atoms with Crippen LogP contribution in [0.2, 0.25) is 0 Å². The van der Waals surface area contributed by atoms with Crippen molar-refractivity contribution < 1.29 is 4.79 Å². The number of carbonyl (C=O) groups is 1. The molecule has 0 aliphatic rings. The van der Waals surface area contributed by atoms with Gasteiger partial charge in [-0.1, -0.05) is 0 Å². The molecule has 0 unspecified atom stereocenters. The molecule has 0 saturated heterocycles. The Kier molecular flexibility index (Phi) is 4.36. The Morgan fingerprint density at radius 3 is 2.84 bits per heavy atom. The highest BCUT2D eigenvalue weighted by molar-refractivity contribution is 9.10. The molecule has 0 radical (unpaired) electrons. The lowest BCUT2D eigenvalue weighted by molar-refractivity contribution is -0.121. The molecule has 2 heterocycles. The van der Waals surface area contributed by atoms with Crippen LogP contribution in [0.1, 0.15) is 17.8 Å². The molecule has 0 aromatic carbocycles. The number of nitrogens with zero attached hydrogens (tertiary/aromatic N) is 4. The van der Waals surface area contributed by atoms with E-state index in [0.29, 0.717) is 19.5 Å². The molecule has 102 valence electrons. The molecule has 2 rings (SSSR count). The highest BCUT2D eigenvalue weighted by atomic mass is 79.9. The number of hydrogen-bond acceptors (Lipinski definition) is 3. The maximum absolute atomic E-state index is 11.7. The maximum Gasteiger partial charge on any atom is 0.222 e. The van der Waals surface area contributed by atoms with Gasteiger partial charge in [-0.15, -0.1) is 0 Å². The second-order valence-corrected chi connectivity index (χ2v) is 5.19. The van der Waals surface area contributed by atoms with Gasteiger partial charge in [0.15, 0.2) is 0 Å². The van der Waals surface area contributed by atoms with Crippen molar-refractivity contribution in [1.29, 1.82) is 0 Å². The van der Waals surface area contributed by atoms with Crippen molar-refractivity contribution >= 4 is 21.8 Å². The molecule has 2 aromatic rings. The fourth-order valence-corrected chi connectivity index (χ4v) is 1.97. The molecule has 0 aliphatic heterocycles. The minimum Gasteiger partial charge on any atom is -0.350 e. The Balaban J connectivity index is 1.75. The number of nitrogens with one attached hydrogen (secondary N) is 1. The van der Waals surface area contributed by atoms with Crippen molar-refractivity contribution in [2.75, 3.05) is 0 Å². The third kappa shape index (κ3) is 3.92. The van der Waals surface area contributed by atoms with Gasteiger partial charge in [0.2, 0.25) is 5.91 Å². The molecule has 0 spiro atoms. The van der Waals surface area contributed by atoms with Gasteiger partial charge in [-0.2, -0.15) is 10.2 Å². The predicted octanol–water partition coefficient (Wildman–Crippen LogP) is 1.39. The summed E-state index contributed by atoms with van der Waals surface area (Å²) in [5, 5.41) is 11.3. The average molecular weight is 326 g/mol. The monoisotopic (exact) mass is 325 g/mol. The van der Waals surface area contributed by atoms with Gasteiger partial charge in [-0.05, 0) is 28.9 Å². The topological polar surface area (TPSA) is 64.7 Å². The minimum absolute atomic E-state index is 0.00470. The molecule has 2 aromatic heterocycles. The summed E-state index contributed by atoms with van der Waals surface area (Å²) in [6.07, 6.45) is 4.13. The van der Waals surface area contributed by atoms with E-state index < -0.39 is 0 Å². The first-order chi connectivity index (χ1) is 9.04. The van der Waals surface area contributed by atoms with Crippen molar-refractivity contribution in [2.24, 2.45) is 7.05 Å². The lowest BCUT2D eigenvalue weighted by atomic mass is 10.3. The third-order valence-electron chi connectivity index (χ3n) is 2.69.